The zero-order valence-electron chi connectivity index (χ0n) is 15.3. The van der Waals surface area contributed by atoms with E-state index in [1.54, 1.807) is 25.3 Å². The first-order valence-electron chi connectivity index (χ1n) is 8.39. The SMILES string of the molecule is COc1cc(/C=C2\SC(=S)N(C)C2=O)cc(Cl)c1OCCOc1ccccc1. The number of halogens is 1. The standard InChI is InChI=1S/C20H18ClNO4S2/c1-22-19(23)17(28-20(22)27)12-13-10-15(21)18(16(11-13)24-2)26-9-8-25-14-6-4-3-5-7-14/h3-7,10-12H,8-9H2,1-2H3/b17-12-. The number of amides is 1. The van der Waals surface area contributed by atoms with Crippen molar-refractivity contribution in [3.63, 3.8) is 0 Å². The monoisotopic (exact) mass is 435 g/mol. The molecule has 0 radical (unpaired) electrons. The summed E-state index contributed by atoms with van der Waals surface area (Å²) in [6, 6.07) is 13.0. The van der Waals surface area contributed by atoms with Gasteiger partial charge in [-0.2, -0.15) is 0 Å². The van der Waals surface area contributed by atoms with Crippen LogP contribution in [0.2, 0.25) is 5.02 Å². The summed E-state index contributed by atoms with van der Waals surface area (Å²) in [5.74, 6) is 1.54. The summed E-state index contributed by atoms with van der Waals surface area (Å²) in [6.07, 6.45) is 1.74. The van der Waals surface area contributed by atoms with Gasteiger partial charge in [0.15, 0.2) is 11.5 Å². The van der Waals surface area contributed by atoms with E-state index in [0.29, 0.717) is 39.0 Å². The van der Waals surface area contributed by atoms with Crippen LogP contribution in [-0.4, -0.2) is 42.5 Å². The van der Waals surface area contributed by atoms with Gasteiger partial charge in [-0.1, -0.05) is 53.8 Å². The number of para-hydroxylation sites is 1. The van der Waals surface area contributed by atoms with Crippen molar-refractivity contribution in [2.75, 3.05) is 27.4 Å². The molecule has 0 saturated carbocycles. The fourth-order valence-electron chi connectivity index (χ4n) is 2.48. The van der Waals surface area contributed by atoms with E-state index in [4.69, 9.17) is 38.0 Å². The van der Waals surface area contributed by atoms with Crippen molar-refractivity contribution in [3.05, 3.63) is 58.0 Å². The number of methoxy groups -OCH3 is 1. The Morgan fingerprint density at radius 2 is 1.89 bits per heavy atom. The van der Waals surface area contributed by atoms with Gasteiger partial charge in [0, 0.05) is 7.05 Å². The number of hydrogen-bond donors (Lipinski definition) is 0. The van der Waals surface area contributed by atoms with Gasteiger partial charge in [-0.05, 0) is 35.9 Å². The van der Waals surface area contributed by atoms with E-state index in [1.165, 1.54) is 23.8 Å². The minimum absolute atomic E-state index is 0.136. The predicted molar refractivity (Wildman–Crippen MR) is 116 cm³/mol. The average Bonchev–Trinajstić information content (AvgIpc) is 2.93. The number of thioether (sulfide) groups is 1. The maximum atomic E-state index is 12.2. The lowest BCUT2D eigenvalue weighted by Gasteiger charge is -2.14. The Kier molecular flexibility index (Phi) is 6.83. The van der Waals surface area contributed by atoms with Gasteiger partial charge in [-0.3, -0.25) is 9.69 Å². The molecule has 1 fully saturated rings. The van der Waals surface area contributed by atoms with Gasteiger partial charge in [0.1, 0.15) is 23.3 Å². The summed E-state index contributed by atoms with van der Waals surface area (Å²) in [7, 11) is 3.19. The molecule has 1 aliphatic heterocycles. The van der Waals surface area contributed by atoms with Crippen molar-refractivity contribution in [2.24, 2.45) is 0 Å². The molecule has 5 nitrogen and oxygen atoms in total. The molecule has 1 amide bonds. The molecule has 0 unspecified atom stereocenters. The highest BCUT2D eigenvalue weighted by atomic mass is 35.5. The Labute approximate surface area is 178 Å². The summed E-state index contributed by atoms with van der Waals surface area (Å²) >= 11 is 12.8. The van der Waals surface area contributed by atoms with Gasteiger partial charge < -0.3 is 14.2 Å². The van der Waals surface area contributed by atoms with E-state index in [1.807, 2.05) is 30.3 Å². The normalized spacial score (nSPS) is 15.2. The Morgan fingerprint density at radius 1 is 1.18 bits per heavy atom. The third kappa shape index (κ3) is 4.79. The molecule has 1 aliphatic rings. The third-order valence-corrected chi connectivity index (χ3v) is 5.64. The number of nitrogens with zero attached hydrogens (tertiary/aromatic N) is 1. The van der Waals surface area contributed by atoms with E-state index in [2.05, 4.69) is 0 Å². The van der Waals surface area contributed by atoms with Crippen LogP contribution in [0.1, 0.15) is 5.56 Å². The number of thiocarbonyl (C=S) groups is 1. The van der Waals surface area contributed by atoms with Crippen molar-refractivity contribution in [1.29, 1.82) is 0 Å². The molecule has 2 aromatic rings. The fourth-order valence-corrected chi connectivity index (χ4v) is 3.93. The summed E-state index contributed by atoms with van der Waals surface area (Å²) in [4.78, 5) is 14.1. The van der Waals surface area contributed by atoms with E-state index >= 15 is 0 Å². The molecule has 8 heteroatoms. The van der Waals surface area contributed by atoms with E-state index in [0.717, 1.165) is 11.3 Å². The van der Waals surface area contributed by atoms with Gasteiger partial charge >= 0.3 is 0 Å². The lowest BCUT2D eigenvalue weighted by Crippen LogP contribution is -2.22. The zero-order valence-corrected chi connectivity index (χ0v) is 17.7. The molecule has 2 aromatic carbocycles. The summed E-state index contributed by atoms with van der Waals surface area (Å²) in [5.41, 5.74) is 0.726. The summed E-state index contributed by atoms with van der Waals surface area (Å²) in [5, 5.41) is 0.386. The number of carbonyl (C=O) groups is 1. The largest absolute Gasteiger partial charge is 0.493 e. The topological polar surface area (TPSA) is 48.0 Å². The molecule has 0 N–H and O–H groups in total. The predicted octanol–water partition coefficient (Wildman–Crippen LogP) is 4.64. The Balaban J connectivity index is 1.69. The molecule has 0 bridgehead atoms. The lowest BCUT2D eigenvalue weighted by atomic mass is 10.2. The van der Waals surface area contributed by atoms with Crippen molar-refractivity contribution in [1.82, 2.24) is 4.90 Å². The van der Waals surface area contributed by atoms with Crippen LogP contribution in [0, 0.1) is 0 Å². The quantitative estimate of drug-likeness (QED) is 0.359. The second-order valence-corrected chi connectivity index (χ2v) is 7.87. The minimum atomic E-state index is -0.136. The van der Waals surface area contributed by atoms with Gasteiger partial charge in [0.05, 0.1) is 17.0 Å². The smallest absolute Gasteiger partial charge is 0.265 e. The first-order valence-corrected chi connectivity index (χ1v) is 9.99. The second kappa shape index (κ2) is 9.32. The molecule has 0 atom stereocenters. The highest BCUT2D eigenvalue weighted by Gasteiger charge is 2.28. The lowest BCUT2D eigenvalue weighted by molar-refractivity contribution is -0.121. The van der Waals surface area contributed by atoms with Crippen molar-refractivity contribution in [3.8, 4) is 17.2 Å². The minimum Gasteiger partial charge on any atom is -0.493 e. The Morgan fingerprint density at radius 3 is 2.54 bits per heavy atom. The van der Waals surface area contributed by atoms with Crippen LogP contribution in [0.3, 0.4) is 0 Å². The van der Waals surface area contributed by atoms with E-state index < -0.39 is 0 Å². The molecule has 28 heavy (non-hydrogen) atoms. The molecule has 0 aliphatic carbocycles. The number of carbonyl (C=O) groups excluding carboxylic acids is 1. The van der Waals surface area contributed by atoms with Crippen molar-refractivity contribution >= 4 is 51.9 Å². The molecule has 0 spiro atoms. The highest BCUT2D eigenvalue weighted by Crippen LogP contribution is 2.38. The Bertz CT molecular complexity index is 918. The number of hydrogen-bond acceptors (Lipinski definition) is 6. The van der Waals surface area contributed by atoms with Crippen LogP contribution >= 0.6 is 35.6 Å². The number of benzene rings is 2. The maximum absolute atomic E-state index is 12.2. The maximum Gasteiger partial charge on any atom is 0.265 e. The van der Waals surface area contributed by atoms with E-state index in [-0.39, 0.29) is 5.91 Å². The molecular formula is C20H18ClNO4S2. The third-order valence-electron chi connectivity index (χ3n) is 3.88. The zero-order chi connectivity index (χ0) is 20.1. The van der Waals surface area contributed by atoms with Crippen LogP contribution in [-0.2, 0) is 4.79 Å². The first-order chi connectivity index (χ1) is 13.5. The molecule has 3 rings (SSSR count). The number of likely N-dealkylation sites (N-methyl/N-ethyl adjacent to an activating group) is 1. The number of rotatable bonds is 7. The number of ether oxygens (including phenoxy) is 3. The van der Waals surface area contributed by atoms with Crippen LogP contribution in [0.5, 0.6) is 17.2 Å². The van der Waals surface area contributed by atoms with Crippen LogP contribution < -0.4 is 14.2 Å². The molecule has 146 valence electrons. The first kappa shape index (κ1) is 20.5. The van der Waals surface area contributed by atoms with Crippen molar-refractivity contribution < 1.29 is 19.0 Å². The van der Waals surface area contributed by atoms with Gasteiger partial charge in [-0.25, -0.2) is 0 Å². The average molecular weight is 436 g/mol. The molecule has 1 saturated heterocycles. The summed E-state index contributed by atoms with van der Waals surface area (Å²) < 4.78 is 17.3. The Hall–Kier alpha value is -2.22. The molecular weight excluding hydrogens is 418 g/mol. The van der Waals surface area contributed by atoms with Gasteiger partial charge in [0.2, 0.25) is 0 Å². The second-order valence-electron chi connectivity index (χ2n) is 5.78. The van der Waals surface area contributed by atoms with Crippen molar-refractivity contribution in [2.45, 2.75) is 0 Å². The van der Waals surface area contributed by atoms with Gasteiger partial charge in [-0.15, -0.1) is 0 Å². The summed E-state index contributed by atoms with van der Waals surface area (Å²) in [6.45, 7) is 0.670. The van der Waals surface area contributed by atoms with Crippen LogP contribution in [0.25, 0.3) is 6.08 Å². The molecule has 1 heterocycles. The van der Waals surface area contributed by atoms with E-state index in [9.17, 15) is 4.79 Å². The highest BCUT2D eigenvalue weighted by molar-refractivity contribution is 8.26. The molecule has 0 aromatic heterocycles. The van der Waals surface area contributed by atoms with Crippen LogP contribution in [0.15, 0.2) is 47.4 Å². The fraction of sp³-hybridized carbons (Fsp3) is 0.200. The van der Waals surface area contributed by atoms with Gasteiger partial charge in [0.25, 0.3) is 5.91 Å². The van der Waals surface area contributed by atoms with Crippen LogP contribution in [0.4, 0.5) is 0 Å².